The summed E-state index contributed by atoms with van der Waals surface area (Å²) in [5.74, 6) is 1.89. The summed E-state index contributed by atoms with van der Waals surface area (Å²) in [5.41, 5.74) is 1.98. The van der Waals surface area contributed by atoms with Crippen molar-refractivity contribution < 1.29 is 14.3 Å². The minimum Gasteiger partial charge on any atom is -0.493 e. The van der Waals surface area contributed by atoms with Gasteiger partial charge < -0.3 is 20.1 Å². The monoisotopic (exact) mass is 378 g/mol. The first-order chi connectivity index (χ1) is 13.6. The lowest BCUT2D eigenvalue weighted by Crippen LogP contribution is -2.16. The third kappa shape index (κ3) is 4.76. The quantitative estimate of drug-likeness (QED) is 0.653. The Morgan fingerprint density at radius 1 is 0.964 bits per heavy atom. The molecule has 1 aromatic heterocycles. The van der Waals surface area contributed by atoms with Crippen molar-refractivity contribution in [1.29, 1.82) is 0 Å². The molecule has 2 N–H and O–H groups in total. The van der Waals surface area contributed by atoms with E-state index in [0.717, 1.165) is 5.56 Å². The topological polar surface area (TPSA) is 85.4 Å². The number of carbonyl (C=O) groups excluding carboxylic acids is 1. The van der Waals surface area contributed by atoms with E-state index in [1.54, 1.807) is 45.4 Å². The minimum atomic E-state index is -0.333. The number of methoxy groups -OCH3 is 2. The number of ether oxygens (including phenoxy) is 2. The second-order valence-electron chi connectivity index (χ2n) is 6.05. The van der Waals surface area contributed by atoms with Crippen molar-refractivity contribution >= 4 is 17.4 Å². The maximum absolute atomic E-state index is 12.6. The summed E-state index contributed by atoms with van der Waals surface area (Å²) >= 11 is 0. The zero-order valence-electron chi connectivity index (χ0n) is 16.0. The lowest BCUT2D eigenvalue weighted by atomic mass is 10.2. The van der Waals surface area contributed by atoms with E-state index in [1.165, 1.54) is 0 Å². The number of nitrogens with one attached hydrogen (secondary N) is 2. The highest BCUT2D eigenvalue weighted by atomic mass is 16.5. The molecule has 1 amide bonds. The Hall–Kier alpha value is -3.61. The summed E-state index contributed by atoms with van der Waals surface area (Å²) in [6.07, 6.45) is 0. The van der Waals surface area contributed by atoms with Gasteiger partial charge in [0.15, 0.2) is 11.5 Å². The molecule has 2 aromatic carbocycles. The van der Waals surface area contributed by atoms with E-state index < -0.39 is 0 Å². The first kappa shape index (κ1) is 19.2. The number of aromatic nitrogens is 2. The van der Waals surface area contributed by atoms with Crippen molar-refractivity contribution in [1.82, 2.24) is 9.97 Å². The molecule has 0 bridgehead atoms. The van der Waals surface area contributed by atoms with Crippen molar-refractivity contribution in [2.24, 2.45) is 0 Å². The maximum Gasteiger partial charge on any atom is 0.274 e. The predicted octanol–water partition coefficient (Wildman–Crippen LogP) is 3.67. The molecule has 0 aliphatic heterocycles. The molecule has 0 saturated carbocycles. The van der Waals surface area contributed by atoms with Crippen molar-refractivity contribution in [2.45, 2.75) is 13.5 Å². The van der Waals surface area contributed by atoms with Crippen LogP contribution in [0.15, 0.2) is 54.6 Å². The molecule has 0 aliphatic carbocycles. The summed E-state index contributed by atoms with van der Waals surface area (Å²) in [6, 6.07) is 16.8. The van der Waals surface area contributed by atoms with Crippen LogP contribution in [0.1, 0.15) is 21.9 Å². The molecule has 0 saturated heterocycles. The van der Waals surface area contributed by atoms with Gasteiger partial charge in [-0.05, 0) is 24.6 Å². The second kappa shape index (κ2) is 8.85. The predicted molar refractivity (Wildman–Crippen MR) is 108 cm³/mol. The molecule has 3 rings (SSSR count). The first-order valence-corrected chi connectivity index (χ1v) is 8.76. The highest BCUT2D eigenvalue weighted by molar-refractivity contribution is 6.03. The molecule has 3 aromatic rings. The van der Waals surface area contributed by atoms with Crippen LogP contribution in [-0.4, -0.2) is 30.1 Å². The average molecular weight is 378 g/mol. The van der Waals surface area contributed by atoms with Gasteiger partial charge in [0.1, 0.15) is 17.3 Å². The smallest absolute Gasteiger partial charge is 0.274 e. The van der Waals surface area contributed by atoms with Crippen LogP contribution in [0.4, 0.5) is 11.5 Å². The number of carbonyl (C=O) groups is 1. The maximum atomic E-state index is 12.6. The highest BCUT2D eigenvalue weighted by Gasteiger charge is 2.13. The lowest BCUT2D eigenvalue weighted by molar-refractivity contribution is 0.102. The van der Waals surface area contributed by atoms with Crippen LogP contribution in [0.5, 0.6) is 11.5 Å². The molecule has 7 heteroatoms. The summed E-state index contributed by atoms with van der Waals surface area (Å²) in [7, 11) is 3.10. The van der Waals surface area contributed by atoms with E-state index in [0.29, 0.717) is 35.4 Å². The number of benzene rings is 2. The van der Waals surface area contributed by atoms with Gasteiger partial charge in [-0.2, -0.15) is 0 Å². The van der Waals surface area contributed by atoms with Crippen LogP contribution in [0.25, 0.3) is 0 Å². The third-order valence-corrected chi connectivity index (χ3v) is 4.03. The van der Waals surface area contributed by atoms with Gasteiger partial charge in [-0.3, -0.25) is 4.79 Å². The van der Waals surface area contributed by atoms with Crippen LogP contribution in [0, 0.1) is 6.92 Å². The Morgan fingerprint density at radius 2 is 1.71 bits per heavy atom. The minimum absolute atomic E-state index is 0.276. The third-order valence-electron chi connectivity index (χ3n) is 4.03. The Labute approximate surface area is 163 Å². The van der Waals surface area contributed by atoms with Gasteiger partial charge >= 0.3 is 0 Å². The fourth-order valence-corrected chi connectivity index (χ4v) is 2.67. The standard InChI is InChI=1S/C21H22N4O3/c1-14-23-17(12-20(24-14)22-13-15-7-5-4-6-8-15)21(26)25-16-9-10-18(27-2)19(11-16)28-3/h4-12H,13H2,1-3H3,(H,25,26)(H,22,23,24). The molecule has 0 spiro atoms. The molecular weight excluding hydrogens is 356 g/mol. The van der Waals surface area contributed by atoms with Crippen LogP contribution in [-0.2, 0) is 6.54 Å². The van der Waals surface area contributed by atoms with Gasteiger partial charge in [-0.1, -0.05) is 30.3 Å². The van der Waals surface area contributed by atoms with Crippen LogP contribution >= 0.6 is 0 Å². The van der Waals surface area contributed by atoms with Crippen molar-refractivity contribution in [3.05, 3.63) is 71.7 Å². The van der Waals surface area contributed by atoms with Crippen LogP contribution < -0.4 is 20.1 Å². The van der Waals surface area contributed by atoms with Gasteiger partial charge in [-0.15, -0.1) is 0 Å². The normalized spacial score (nSPS) is 10.2. The number of amides is 1. The van der Waals surface area contributed by atoms with Crippen molar-refractivity contribution in [2.75, 3.05) is 24.9 Å². The number of hydrogen-bond acceptors (Lipinski definition) is 6. The summed E-state index contributed by atoms with van der Waals surface area (Å²) in [5, 5.41) is 6.05. The van der Waals surface area contributed by atoms with Crippen molar-refractivity contribution in [3.63, 3.8) is 0 Å². The molecule has 144 valence electrons. The molecule has 0 fully saturated rings. The van der Waals surface area contributed by atoms with E-state index in [-0.39, 0.29) is 11.6 Å². The number of nitrogens with zero attached hydrogens (tertiary/aromatic N) is 2. The molecule has 0 aliphatic rings. The number of hydrogen-bond donors (Lipinski definition) is 2. The Morgan fingerprint density at radius 3 is 2.43 bits per heavy atom. The fraction of sp³-hybridized carbons (Fsp3) is 0.190. The molecule has 1 heterocycles. The van der Waals surface area contributed by atoms with Gasteiger partial charge in [-0.25, -0.2) is 9.97 Å². The van der Waals surface area contributed by atoms with Crippen molar-refractivity contribution in [3.8, 4) is 11.5 Å². The molecular formula is C21H22N4O3. The van der Waals surface area contributed by atoms with Gasteiger partial charge in [0.25, 0.3) is 5.91 Å². The Kier molecular flexibility index (Phi) is 6.06. The first-order valence-electron chi connectivity index (χ1n) is 8.76. The fourth-order valence-electron chi connectivity index (χ4n) is 2.67. The zero-order valence-corrected chi connectivity index (χ0v) is 16.0. The van der Waals surface area contributed by atoms with Crippen LogP contribution in [0.2, 0.25) is 0 Å². The largest absolute Gasteiger partial charge is 0.493 e. The summed E-state index contributed by atoms with van der Waals surface area (Å²) in [4.78, 5) is 21.2. The molecule has 0 radical (unpaired) electrons. The SMILES string of the molecule is COc1ccc(NC(=O)c2cc(NCc3ccccc3)nc(C)n2)cc1OC. The van der Waals surface area contributed by atoms with Gasteiger partial charge in [0.05, 0.1) is 14.2 Å². The zero-order chi connectivity index (χ0) is 19.9. The number of anilines is 2. The number of rotatable bonds is 7. The number of aryl methyl sites for hydroxylation is 1. The molecule has 28 heavy (non-hydrogen) atoms. The van der Waals surface area contributed by atoms with Crippen LogP contribution in [0.3, 0.4) is 0 Å². The summed E-state index contributed by atoms with van der Waals surface area (Å²) < 4.78 is 10.5. The average Bonchev–Trinajstić information content (AvgIpc) is 2.72. The van der Waals surface area contributed by atoms with Gasteiger partial charge in [0.2, 0.25) is 0 Å². The molecule has 0 unspecified atom stereocenters. The lowest BCUT2D eigenvalue weighted by Gasteiger charge is -2.11. The molecule has 0 atom stereocenters. The van der Waals surface area contributed by atoms with E-state index in [4.69, 9.17) is 9.47 Å². The second-order valence-corrected chi connectivity index (χ2v) is 6.05. The van der Waals surface area contributed by atoms with E-state index in [2.05, 4.69) is 20.6 Å². The Balaban J connectivity index is 1.74. The van der Waals surface area contributed by atoms with Gasteiger partial charge in [0, 0.05) is 24.4 Å². The molecule has 7 nitrogen and oxygen atoms in total. The summed E-state index contributed by atoms with van der Waals surface area (Å²) in [6.45, 7) is 2.36. The Bertz CT molecular complexity index is 961. The van der Waals surface area contributed by atoms with E-state index >= 15 is 0 Å². The van der Waals surface area contributed by atoms with E-state index in [9.17, 15) is 4.79 Å². The highest BCUT2D eigenvalue weighted by Crippen LogP contribution is 2.29. The van der Waals surface area contributed by atoms with E-state index in [1.807, 2.05) is 30.3 Å².